The molecule has 1 fully saturated rings. The molecule has 1 saturated heterocycles. The molecule has 0 radical (unpaired) electrons. The highest BCUT2D eigenvalue weighted by molar-refractivity contribution is 5.89. The molecule has 1 aliphatic heterocycles. The second-order valence-electron chi connectivity index (χ2n) is 6.52. The van der Waals surface area contributed by atoms with E-state index in [1.165, 1.54) is 18.9 Å². The van der Waals surface area contributed by atoms with Gasteiger partial charge in [0, 0.05) is 32.2 Å². The number of nitrogens with zero attached hydrogens (tertiary/aromatic N) is 3. The maximum absolute atomic E-state index is 11.8. The number of benzene rings is 1. The van der Waals surface area contributed by atoms with Crippen molar-refractivity contribution >= 4 is 5.97 Å². The highest BCUT2D eigenvalue weighted by Gasteiger charge is 2.24. The van der Waals surface area contributed by atoms with E-state index in [1.54, 1.807) is 0 Å². The lowest BCUT2D eigenvalue weighted by atomic mass is 10.1. The molecular formula is C19H25N3O3. The minimum absolute atomic E-state index is 0.398. The summed E-state index contributed by atoms with van der Waals surface area (Å²) in [6.07, 6.45) is 2.51. The molecular weight excluding hydrogens is 318 g/mol. The third-order valence-electron chi connectivity index (χ3n) is 4.84. The van der Waals surface area contributed by atoms with Crippen LogP contribution in [0.2, 0.25) is 0 Å². The van der Waals surface area contributed by atoms with E-state index >= 15 is 0 Å². The third kappa shape index (κ3) is 4.46. The van der Waals surface area contributed by atoms with Crippen LogP contribution in [-0.4, -0.2) is 53.7 Å². The number of hydrogen-bond donors (Lipinski definition) is 0. The molecule has 1 aromatic heterocycles. The van der Waals surface area contributed by atoms with Gasteiger partial charge >= 0.3 is 5.97 Å². The molecule has 0 bridgehead atoms. The number of methoxy groups -OCH3 is 1. The summed E-state index contributed by atoms with van der Waals surface area (Å²) in [5.74, 6) is 0.182. The minimum Gasteiger partial charge on any atom is -0.465 e. The van der Waals surface area contributed by atoms with Crippen LogP contribution in [-0.2, 0) is 17.8 Å². The lowest BCUT2D eigenvalue weighted by Gasteiger charge is -2.26. The molecule has 134 valence electrons. The van der Waals surface area contributed by atoms with Crippen molar-refractivity contribution in [3.63, 3.8) is 0 Å². The van der Waals surface area contributed by atoms with Crippen molar-refractivity contribution < 1.29 is 14.1 Å². The molecule has 0 unspecified atom stereocenters. The molecule has 6 heteroatoms. The number of ether oxygens (including phenoxy) is 1. The van der Waals surface area contributed by atoms with Gasteiger partial charge in [-0.1, -0.05) is 35.5 Å². The Balaban J connectivity index is 1.61. The van der Waals surface area contributed by atoms with Crippen molar-refractivity contribution in [3.05, 3.63) is 53.4 Å². The maximum atomic E-state index is 11.8. The first kappa shape index (κ1) is 17.6. The Morgan fingerprint density at radius 1 is 1.24 bits per heavy atom. The molecule has 0 aliphatic carbocycles. The van der Waals surface area contributed by atoms with Gasteiger partial charge in [-0.2, -0.15) is 0 Å². The third-order valence-corrected chi connectivity index (χ3v) is 4.84. The Morgan fingerprint density at radius 3 is 2.80 bits per heavy atom. The largest absolute Gasteiger partial charge is 0.465 e. The Kier molecular flexibility index (Phi) is 5.83. The van der Waals surface area contributed by atoms with Gasteiger partial charge in [-0.15, -0.1) is 0 Å². The predicted molar refractivity (Wildman–Crippen MR) is 94.1 cm³/mol. The molecule has 1 aliphatic rings. The van der Waals surface area contributed by atoms with Crippen LogP contribution in [0.15, 0.2) is 41.1 Å². The Morgan fingerprint density at radius 2 is 2.04 bits per heavy atom. The monoisotopic (exact) mass is 343 g/mol. The van der Waals surface area contributed by atoms with Crippen LogP contribution < -0.4 is 0 Å². The molecule has 0 saturated carbocycles. The standard InChI is InChI=1S/C19H25N3O3/c1-15-8-9-21(14-18-17(12-20-25-18)19(23)24-2)10-11-22(15)13-16-6-4-3-5-7-16/h3-7,12,15H,8-11,13-14H2,1-2H3/t15-/m0/s1. The molecule has 1 aromatic carbocycles. The van der Waals surface area contributed by atoms with E-state index < -0.39 is 5.97 Å². The van der Waals surface area contributed by atoms with Crippen LogP contribution in [0, 0.1) is 0 Å². The molecule has 6 nitrogen and oxygen atoms in total. The van der Waals surface area contributed by atoms with Crippen molar-refractivity contribution in [2.24, 2.45) is 0 Å². The zero-order valence-corrected chi connectivity index (χ0v) is 14.9. The summed E-state index contributed by atoms with van der Waals surface area (Å²) >= 11 is 0. The van der Waals surface area contributed by atoms with E-state index in [-0.39, 0.29) is 0 Å². The van der Waals surface area contributed by atoms with Crippen molar-refractivity contribution in [1.82, 2.24) is 15.0 Å². The highest BCUT2D eigenvalue weighted by Crippen LogP contribution is 2.18. The van der Waals surface area contributed by atoms with E-state index in [0.29, 0.717) is 23.9 Å². The number of carbonyl (C=O) groups is 1. The molecule has 3 rings (SSSR count). The summed E-state index contributed by atoms with van der Waals surface area (Å²) in [5, 5.41) is 3.75. The van der Waals surface area contributed by atoms with Gasteiger partial charge < -0.3 is 9.26 Å². The first-order chi connectivity index (χ1) is 12.2. The quantitative estimate of drug-likeness (QED) is 0.778. The summed E-state index contributed by atoms with van der Waals surface area (Å²) in [7, 11) is 1.37. The van der Waals surface area contributed by atoms with Crippen LogP contribution in [0.3, 0.4) is 0 Å². The Labute approximate surface area is 148 Å². The Bertz CT molecular complexity index is 686. The Hall–Kier alpha value is -2.18. The number of carbonyl (C=O) groups excluding carboxylic acids is 1. The van der Waals surface area contributed by atoms with Crippen LogP contribution >= 0.6 is 0 Å². The normalized spacial score (nSPS) is 19.5. The van der Waals surface area contributed by atoms with Gasteiger partial charge in [0.15, 0.2) is 5.76 Å². The molecule has 2 aromatic rings. The summed E-state index contributed by atoms with van der Waals surface area (Å²) in [6, 6.07) is 11.1. The summed E-state index contributed by atoms with van der Waals surface area (Å²) in [6.45, 7) is 6.70. The number of hydrogen-bond acceptors (Lipinski definition) is 6. The smallest absolute Gasteiger partial charge is 0.343 e. The average molecular weight is 343 g/mol. The van der Waals surface area contributed by atoms with Gasteiger partial charge in [-0.3, -0.25) is 9.80 Å². The fourth-order valence-electron chi connectivity index (χ4n) is 3.22. The maximum Gasteiger partial charge on any atom is 0.343 e. The lowest BCUT2D eigenvalue weighted by molar-refractivity contribution is 0.0596. The van der Waals surface area contributed by atoms with Crippen LogP contribution in [0.25, 0.3) is 0 Å². The SMILES string of the molecule is COC(=O)c1cnoc1CN1CC[C@H](C)N(Cc2ccccc2)CC1. The van der Waals surface area contributed by atoms with Crippen LogP contribution in [0.5, 0.6) is 0 Å². The van der Waals surface area contributed by atoms with Gasteiger partial charge in [-0.25, -0.2) is 4.79 Å². The number of rotatable bonds is 5. The second-order valence-corrected chi connectivity index (χ2v) is 6.52. The minimum atomic E-state index is -0.398. The summed E-state index contributed by atoms with van der Waals surface area (Å²) in [5.41, 5.74) is 1.76. The van der Waals surface area contributed by atoms with Gasteiger partial charge in [0.25, 0.3) is 0 Å². The first-order valence-corrected chi connectivity index (χ1v) is 8.69. The van der Waals surface area contributed by atoms with Crippen molar-refractivity contribution in [2.45, 2.75) is 32.5 Å². The van der Waals surface area contributed by atoms with E-state index in [2.05, 4.69) is 46.1 Å². The molecule has 1 atom stereocenters. The van der Waals surface area contributed by atoms with Crippen molar-refractivity contribution in [2.75, 3.05) is 26.7 Å². The van der Waals surface area contributed by atoms with E-state index in [4.69, 9.17) is 9.26 Å². The van der Waals surface area contributed by atoms with E-state index in [9.17, 15) is 4.79 Å². The first-order valence-electron chi connectivity index (χ1n) is 8.69. The fraction of sp³-hybridized carbons (Fsp3) is 0.474. The number of esters is 1. The van der Waals surface area contributed by atoms with Gasteiger partial charge in [0.2, 0.25) is 0 Å². The topological polar surface area (TPSA) is 58.8 Å². The molecule has 0 spiro atoms. The lowest BCUT2D eigenvalue weighted by Crippen LogP contribution is -2.34. The van der Waals surface area contributed by atoms with Crippen molar-refractivity contribution in [3.8, 4) is 0 Å². The van der Waals surface area contributed by atoms with Crippen LogP contribution in [0.4, 0.5) is 0 Å². The predicted octanol–water partition coefficient (Wildman–Crippen LogP) is 2.56. The van der Waals surface area contributed by atoms with E-state index in [1.807, 2.05) is 6.07 Å². The zero-order valence-electron chi connectivity index (χ0n) is 14.9. The molecule has 25 heavy (non-hydrogen) atoms. The fourth-order valence-corrected chi connectivity index (χ4v) is 3.22. The number of aromatic nitrogens is 1. The highest BCUT2D eigenvalue weighted by atomic mass is 16.5. The summed E-state index contributed by atoms with van der Waals surface area (Å²) in [4.78, 5) is 16.6. The van der Waals surface area contributed by atoms with Crippen molar-refractivity contribution in [1.29, 1.82) is 0 Å². The van der Waals surface area contributed by atoms with E-state index in [0.717, 1.165) is 32.6 Å². The summed E-state index contributed by atoms with van der Waals surface area (Å²) < 4.78 is 10.1. The van der Waals surface area contributed by atoms with Gasteiger partial charge in [-0.05, 0) is 18.9 Å². The van der Waals surface area contributed by atoms with Gasteiger partial charge in [0.1, 0.15) is 5.56 Å². The molecule has 0 amide bonds. The molecule has 2 heterocycles. The van der Waals surface area contributed by atoms with Crippen LogP contribution in [0.1, 0.15) is 35.0 Å². The zero-order chi connectivity index (χ0) is 17.6. The second kappa shape index (κ2) is 8.27. The average Bonchev–Trinajstić information content (AvgIpc) is 3.03. The molecule has 0 N–H and O–H groups in total. The van der Waals surface area contributed by atoms with Gasteiger partial charge in [0.05, 0.1) is 19.9 Å².